The zero-order chi connectivity index (χ0) is 18.2. The van der Waals surface area contributed by atoms with E-state index in [2.05, 4.69) is 0 Å². The number of carbonyl (C=O) groups is 1. The van der Waals surface area contributed by atoms with Crippen molar-refractivity contribution < 1.29 is 59.9 Å². The normalized spacial score (nSPS) is 49.8. The summed E-state index contributed by atoms with van der Waals surface area (Å²) in [7, 11) is 0. The Morgan fingerprint density at radius 2 is 1.50 bits per heavy atom. The van der Waals surface area contributed by atoms with Gasteiger partial charge in [-0.25, -0.2) is 4.79 Å². The first-order valence-electron chi connectivity index (χ1n) is 7.07. The minimum atomic E-state index is -1.93. The molecule has 8 N–H and O–H groups in total. The van der Waals surface area contributed by atoms with Crippen molar-refractivity contribution in [3.8, 4) is 0 Å². The Hall–Kier alpha value is -0.930. The third-order valence-electron chi connectivity index (χ3n) is 3.94. The Bertz CT molecular complexity index is 446. The van der Waals surface area contributed by atoms with E-state index < -0.39 is 74.0 Å². The third kappa shape index (κ3) is 3.52. The fourth-order valence-electron chi connectivity index (χ4n) is 2.55. The molecule has 0 aromatic heterocycles. The number of aliphatic hydroxyl groups excluding tert-OH is 7. The molecule has 140 valence electrons. The van der Waals surface area contributed by atoms with Crippen LogP contribution in [-0.2, 0) is 19.0 Å². The Morgan fingerprint density at radius 1 is 0.875 bits per heavy atom. The second-order valence-electron chi connectivity index (χ2n) is 5.56. The van der Waals surface area contributed by atoms with Crippen molar-refractivity contribution in [2.45, 2.75) is 61.4 Å². The van der Waals surface area contributed by atoms with Gasteiger partial charge in [-0.2, -0.15) is 0 Å². The largest absolute Gasteiger partial charge is 0.479 e. The average molecular weight is 356 g/mol. The van der Waals surface area contributed by atoms with Crippen molar-refractivity contribution in [1.29, 1.82) is 0 Å². The molecule has 0 aromatic rings. The van der Waals surface area contributed by atoms with E-state index in [-0.39, 0.29) is 0 Å². The zero-order valence-corrected chi connectivity index (χ0v) is 12.2. The monoisotopic (exact) mass is 356 g/mol. The van der Waals surface area contributed by atoms with Crippen molar-refractivity contribution >= 4 is 5.97 Å². The summed E-state index contributed by atoms with van der Waals surface area (Å²) in [5.41, 5.74) is 0. The molecule has 0 unspecified atom stereocenters. The molecule has 2 rings (SSSR count). The van der Waals surface area contributed by atoms with Gasteiger partial charge in [-0.3, -0.25) is 0 Å². The summed E-state index contributed by atoms with van der Waals surface area (Å²) in [5.74, 6) is -1.64. The Kier molecular flexibility index (Phi) is 6.09. The number of aliphatic hydroxyl groups is 7. The van der Waals surface area contributed by atoms with Gasteiger partial charge in [-0.15, -0.1) is 0 Å². The van der Waals surface area contributed by atoms with Crippen molar-refractivity contribution in [2.24, 2.45) is 0 Å². The SMILES string of the molecule is O=C(O)[C@H]1O[C@H](O[C@@H]2[C@H](O)[C@H](CO)O[C@H](O)[C@H]2O)[C@H](O)[C@@H](O)[C@@H]1O. The van der Waals surface area contributed by atoms with Crippen LogP contribution in [0.3, 0.4) is 0 Å². The Morgan fingerprint density at radius 3 is 2.04 bits per heavy atom. The number of hydrogen-bond donors (Lipinski definition) is 8. The lowest BCUT2D eigenvalue weighted by Gasteiger charge is -2.44. The van der Waals surface area contributed by atoms with Gasteiger partial charge >= 0.3 is 5.97 Å². The first kappa shape index (κ1) is 19.4. The number of aliphatic carboxylic acids is 1. The predicted molar refractivity (Wildman–Crippen MR) is 69.2 cm³/mol. The second kappa shape index (κ2) is 7.53. The topological polar surface area (TPSA) is 207 Å². The lowest BCUT2D eigenvalue weighted by atomic mass is 9.97. The summed E-state index contributed by atoms with van der Waals surface area (Å²) in [6.07, 6.45) is -17.8. The summed E-state index contributed by atoms with van der Waals surface area (Å²) < 4.78 is 14.7. The highest BCUT2D eigenvalue weighted by molar-refractivity contribution is 5.73. The van der Waals surface area contributed by atoms with Gasteiger partial charge < -0.3 is 55.1 Å². The molecule has 0 amide bonds. The molecule has 0 aromatic carbocycles. The summed E-state index contributed by atoms with van der Waals surface area (Å²) >= 11 is 0. The lowest BCUT2D eigenvalue weighted by molar-refractivity contribution is -0.351. The van der Waals surface area contributed by atoms with Crippen LogP contribution in [0.15, 0.2) is 0 Å². The molecular weight excluding hydrogens is 336 g/mol. The smallest absolute Gasteiger partial charge is 0.335 e. The van der Waals surface area contributed by atoms with E-state index >= 15 is 0 Å². The van der Waals surface area contributed by atoms with E-state index in [1.807, 2.05) is 0 Å². The minimum absolute atomic E-state index is 0.724. The molecule has 12 heteroatoms. The first-order chi connectivity index (χ1) is 11.2. The number of carboxylic acid groups (broad SMARTS) is 1. The van der Waals surface area contributed by atoms with Crippen LogP contribution in [0, 0.1) is 0 Å². The molecule has 12 nitrogen and oxygen atoms in total. The van der Waals surface area contributed by atoms with Crippen molar-refractivity contribution in [1.82, 2.24) is 0 Å². The van der Waals surface area contributed by atoms with Crippen molar-refractivity contribution in [3.05, 3.63) is 0 Å². The predicted octanol–water partition coefficient (Wildman–Crippen LogP) is -5.30. The van der Waals surface area contributed by atoms with E-state index in [0.29, 0.717) is 0 Å². The number of ether oxygens (including phenoxy) is 3. The zero-order valence-electron chi connectivity index (χ0n) is 12.2. The molecule has 2 heterocycles. The fraction of sp³-hybridized carbons (Fsp3) is 0.917. The van der Waals surface area contributed by atoms with Gasteiger partial charge in [0.05, 0.1) is 6.61 Å². The van der Waals surface area contributed by atoms with Gasteiger partial charge in [0.15, 0.2) is 18.7 Å². The molecule has 0 aliphatic carbocycles. The van der Waals surface area contributed by atoms with E-state index in [1.165, 1.54) is 0 Å². The van der Waals surface area contributed by atoms with E-state index in [4.69, 9.17) is 24.4 Å². The molecule has 2 aliphatic heterocycles. The van der Waals surface area contributed by atoms with Crippen molar-refractivity contribution in [3.63, 3.8) is 0 Å². The van der Waals surface area contributed by atoms with Crippen LogP contribution in [0.1, 0.15) is 0 Å². The van der Waals surface area contributed by atoms with Crippen LogP contribution >= 0.6 is 0 Å². The quantitative estimate of drug-likeness (QED) is 0.238. The molecule has 24 heavy (non-hydrogen) atoms. The molecule has 0 radical (unpaired) electrons. The standard InChI is InChI=1S/C12H20O12/c13-1-2-3(14)8(7(18)11(21)22-2)23-12-6(17)4(15)5(16)9(24-12)10(19)20/h2-9,11-18,21H,1H2,(H,19,20)/t2-,3+,4-,5-,6+,7-,8+,9-,11-,12-/m0/s1. The van der Waals surface area contributed by atoms with Crippen LogP contribution in [0.5, 0.6) is 0 Å². The maximum Gasteiger partial charge on any atom is 0.335 e. The molecule has 2 aliphatic rings. The molecular formula is C12H20O12. The summed E-state index contributed by atoms with van der Waals surface area (Å²) in [6.45, 7) is -0.724. The van der Waals surface area contributed by atoms with Crippen LogP contribution in [0.2, 0.25) is 0 Å². The van der Waals surface area contributed by atoms with E-state index in [9.17, 15) is 35.4 Å². The number of carboxylic acids is 1. The second-order valence-corrected chi connectivity index (χ2v) is 5.56. The molecule has 2 saturated heterocycles. The number of hydrogen-bond acceptors (Lipinski definition) is 11. The maximum atomic E-state index is 11.0. The highest BCUT2D eigenvalue weighted by atomic mass is 16.7. The average Bonchev–Trinajstić information content (AvgIpc) is 2.54. The van der Waals surface area contributed by atoms with Gasteiger partial charge in [-0.05, 0) is 0 Å². The summed E-state index contributed by atoms with van der Waals surface area (Å²) in [5, 5.41) is 76.4. The first-order valence-corrected chi connectivity index (χ1v) is 7.07. The minimum Gasteiger partial charge on any atom is -0.479 e. The summed E-state index contributed by atoms with van der Waals surface area (Å²) in [6, 6.07) is 0. The van der Waals surface area contributed by atoms with E-state index in [0.717, 1.165) is 0 Å². The molecule has 0 spiro atoms. The van der Waals surface area contributed by atoms with Crippen LogP contribution in [0.4, 0.5) is 0 Å². The van der Waals surface area contributed by atoms with Gasteiger partial charge in [0.1, 0.15) is 42.7 Å². The lowest BCUT2D eigenvalue weighted by Crippen LogP contribution is -2.65. The molecule has 10 atom stereocenters. The highest BCUT2D eigenvalue weighted by Gasteiger charge is 2.51. The molecule has 0 bridgehead atoms. The third-order valence-corrected chi connectivity index (χ3v) is 3.94. The number of rotatable bonds is 4. The molecule has 2 fully saturated rings. The Balaban J connectivity index is 2.16. The van der Waals surface area contributed by atoms with Gasteiger partial charge in [0.25, 0.3) is 0 Å². The summed E-state index contributed by atoms with van der Waals surface area (Å²) in [4.78, 5) is 11.0. The van der Waals surface area contributed by atoms with Crippen LogP contribution < -0.4 is 0 Å². The van der Waals surface area contributed by atoms with Gasteiger partial charge in [-0.1, -0.05) is 0 Å². The van der Waals surface area contributed by atoms with Crippen LogP contribution in [-0.4, -0.2) is 115 Å². The van der Waals surface area contributed by atoms with Crippen LogP contribution in [0.25, 0.3) is 0 Å². The molecule has 0 saturated carbocycles. The maximum absolute atomic E-state index is 11.0. The van der Waals surface area contributed by atoms with Crippen molar-refractivity contribution in [2.75, 3.05) is 6.61 Å². The van der Waals surface area contributed by atoms with Gasteiger partial charge in [0.2, 0.25) is 0 Å². The van der Waals surface area contributed by atoms with E-state index in [1.54, 1.807) is 0 Å². The highest BCUT2D eigenvalue weighted by Crippen LogP contribution is 2.28. The fourth-order valence-corrected chi connectivity index (χ4v) is 2.55. The van der Waals surface area contributed by atoms with Gasteiger partial charge in [0, 0.05) is 0 Å². The Labute approximate surface area is 135 Å².